The Balaban J connectivity index is 1.65. The summed E-state index contributed by atoms with van der Waals surface area (Å²) in [6.45, 7) is 3.76. The summed E-state index contributed by atoms with van der Waals surface area (Å²) in [5.74, 6) is 2.15. The van der Waals surface area contributed by atoms with E-state index in [2.05, 4.69) is 6.92 Å². The fourth-order valence-electron chi connectivity index (χ4n) is 4.26. The molecule has 0 aromatic heterocycles. The first-order valence-corrected chi connectivity index (χ1v) is 8.78. The lowest BCUT2D eigenvalue weighted by molar-refractivity contribution is -0.151. The van der Waals surface area contributed by atoms with Gasteiger partial charge in [0.25, 0.3) is 0 Å². The van der Waals surface area contributed by atoms with E-state index in [1.165, 1.54) is 58.3 Å². The zero-order valence-corrected chi connectivity index (χ0v) is 14.0. The summed E-state index contributed by atoms with van der Waals surface area (Å²) in [6.07, 6.45) is 12.1. The van der Waals surface area contributed by atoms with Gasteiger partial charge in [0.1, 0.15) is 6.10 Å². The first kappa shape index (κ1) is 16.8. The maximum absolute atomic E-state index is 11.1. The van der Waals surface area contributed by atoms with Crippen LogP contribution in [0, 0.1) is 17.8 Å². The fourth-order valence-corrected chi connectivity index (χ4v) is 4.26. The van der Waals surface area contributed by atoms with E-state index < -0.39 is 0 Å². The Morgan fingerprint density at radius 1 is 1.00 bits per heavy atom. The lowest BCUT2D eigenvalue weighted by atomic mass is 9.76. The molecule has 2 aliphatic rings. The van der Waals surface area contributed by atoms with Crippen molar-refractivity contribution in [3.05, 3.63) is 0 Å². The van der Waals surface area contributed by atoms with E-state index in [4.69, 9.17) is 9.47 Å². The van der Waals surface area contributed by atoms with Crippen LogP contribution in [0.25, 0.3) is 0 Å². The third kappa shape index (κ3) is 5.28. The molecule has 0 aliphatic heterocycles. The van der Waals surface area contributed by atoms with Crippen molar-refractivity contribution in [1.29, 1.82) is 0 Å². The molecule has 0 N–H and O–H groups in total. The van der Waals surface area contributed by atoms with Crippen molar-refractivity contribution in [2.24, 2.45) is 17.8 Å². The largest absolute Gasteiger partial charge is 0.462 e. The second-order valence-corrected chi connectivity index (χ2v) is 7.26. The van der Waals surface area contributed by atoms with Gasteiger partial charge < -0.3 is 9.47 Å². The number of carbonyl (C=O) groups excluding carboxylic acids is 1. The Morgan fingerprint density at radius 3 is 2.19 bits per heavy atom. The summed E-state index contributed by atoms with van der Waals surface area (Å²) in [6, 6.07) is 0. The first-order valence-electron chi connectivity index (χ1n) is 8.78. The van der Waals surface area contributed by atoms with Gasteiger partial charge in [0, 0.05) is 14.0 Å². The Hall–Kier alpha value is -0.570. The minimum atomic E-state index is -0.125. The molecule has 3 heteroatoms. The molecule has 2 fully saturated rings. The molecule has 0 bridgehead atoms. The van der Waals surface area contributed by atoms with Crippen LogP contribution in [0.15, 0.2) is 0 Å². The molecule has 2 saturated carbocycles. The second-order valence-electron chi connectivity index (χ2n) is 7.26. The third-order valence-corrected chi connectivity index (χ3v) is 5.63. The van der Waals surface area contributed by atoms with Crippen LogP contribution in [0.5, 0.6) is 0 Å². The summed E-state index contributed by atoms with van der Waals surface area (Å²) >= 11 is 0. The lowest BCUT2D eigenvalue weighted by Gasteiger charge is -2.35. The van der Waals surface area contributed by atoms with E-state index in [1.54, 1.807) is 0 Å². The number of hydrogen-bond acceptors (Lipinski definition) is 3. The van der Waals surface area contributed by atoms with E-state index in [0.717, 1.165) is 18.3 Å². The molecule has 0 heterocycles. The third-order valence-electron chi connectivity index (χ3n) is 5.63. The number of esters is 1. The smallest absolute Gasteiger partial charge is 0.302 e. The molecule has 0 radical (unpaired) electrons. The maximum atomic E-state index is 11.1. The molecular weight excluding hydrogens is 264 g/mol. The van der Waals surface area contributed by atoms with E-state index >= 15 is 0 Å². The summed E-state index contributed by atoms with van der Waals surface area (Å²) in [4.78, 5) is 11.1. The molecule has 0 aromatic rings. The van der Waals surface area contributed by atoms with Crippen LogP contribution in [-0.4, -0.2) is 25.3 Å². The van der Waals surface area contributed by atoms with Gasteiger partial charge in [0.2, 0.25) is 0 Å². The van der Waals surface area contributed by atoms with Crippen molar-refractivity contribution in [2.45, 2.75) is 83.8 Å². The molecule has 2 rings (SSSR count). The predicted octanol–water partition coefficient (Wildman–Crippen LogP) is 4.34. The minimum Gasteiger partial charge on any atom is -0.462 e. The average Bonchev–Trinajstić information content (AvgIpc) is 2.48. The lowest BCUT2D eigenvalue weighted by Crippen LogP contribution is -2.31. The van der Waals surface area contributed by atoms with E-state index in [1.807, 2.05) is 7.11 Å². The number of ether oxygens (including phenoxy) is 2. The van der Waals surface area contributed by atoms with Crippen LogP contribution in [0.2, 0.25) is 0 Å². The highest BCUT2D eigenvalue weighted by Crippen LogP contribution is 2.36. The van der Waals surface area contributed by atoms with E-state index in [0.29, 0.717) is 12.0 Å². The van der Waals surface area contributed by atoms with Crippen LogP contribution in [0.1, 0.15) is 71.6 Å². The summed E-state index contributed by atoms with van der Waals surface area (Å²) < 4.78 is 10.9. The average molecular weight is 296 g/mol. The summed E-state index contributed by atoms with van der Waals surface area (Å²) in [5, 5.41) is 0. The van der Waals surface area contributed by atoms with Gasteiger partial charge in [-0.2, -0.15) is 0 Å². The molecule has 3 atom stereocenters. The highest BCUT2D eigenvalue weighted by molar-refractivity contribution is 5.66. The number of carbonyl (C=O) groups is 1. The van der Waals surface area contributed by atoms with Crippen molar-refractivity contribution < 1.29 is 14.3 Å². The summed E-state index contributed by atoms with van der Waals surface area (Å²) in [7, 11) is 1.84. The van der Waals surface area contributed by atoms with Gasteiger partial charge >= 0.3 is 5.97 Å². The highest BCUT2D eigenvalue weighted by Gasteiger charge is 2.30. The van der Waals surface area contributed by atoms with Gasteiger partial charge in [0.05, 0.1) is 6.10 Å². The van der Waals surface area contributed by atoms with Gasteiger partial charge in [-0.1, -0.05) is 19.8 Å². The van der Waals surface area contributed by atoms with Crippen LogP contribution in [0.3, 0.4) is 0 Å². The SMILES string of the molecule is COC1CCC(CCC2CCC(OC(C)=O)C(C)C2)CC1. The molecule has 21 heavy (non-hydrogen) atoms. The zero-order chi connectivity index (χ0) is 15.2. The van der Waals surface area contributed by atoms with Gasteiger partial charge in [-0.15, -0.1) is 0 Å². The van der Waals surface area contributed by atoms with Gasteiger partial charge in [-0.05, 0) is 62.7 Å². The number of methoxy groups -OCH3 is 1. The van der Waals surface area contributed by atoms with Crippen LogP contribution < -0.4 is 0 Å². The van der Waals surface area contributed by atoms with Crippen molar-refractivity contribution >= 4 is 5.97 Å². The molecule has 0 spiro atoms. The van der Waals surface area contributed by atoms with Crippen LogP contribution >= 0.6 is 0 Å². The Bertz CT molecular complexity index is 320. The minimum absolute atomic E-state index is 0.125. The Kier molecular flexibility index (Phi) is 6.53. The van der Waals surface area contributed by atoms with Crippen molar-refractivity contribution in [1.82, 2.24) is 0 Å². The van der Waals surface area contributed by atoms with Crippen molar-refractivity contribution in [3.63, 3.8) is 0 Å². The van der Waals surface area contributed by atoms with Gasteiger partial charge in [-0.3, -0.25) is 4.79 Å². The molecule has 3 nitrogen and oxygen atoms in total. The number of hydrogen-bond donors (Lipinski definition) is 0. The first-order chi connectivity index (χ1) is 10.1. The standard InChI is InChI=1S/C18H32O3/c1-13-12-16(8-11-18(13)21-14(2)19)5-4-15-6-9-17(20-3)10-7-15/h13,15-18H,4-12H2,1-3H3. The van der Waals surface area contributed by atoms with Crippen molar-refractivity contribution in [2.75, 3.05) is 7.11 Å². The Labute approximate surface area is 129 Å². The van der Waals surface area contributed by atoms with Crippen LogP contribution in [-0.2, 0) is 14.3 Å². The zero-order valence-electron chi connectivity index (χ0n) is 14.0. The molecular formula is C18H32O3. The maximum Gasteiger partial charge on any atom is 0.302 e. The molecule has 122 valence electrons. The molecule has 2 aliphatic carbocycles. The molecule has 0 aromatic carbocycles. The monoisotopic (exact) mass is 296 g/mol. The predicted molar refractivity (Wildman–Crippen MR) is 84.0 cm³/mol. The molecule has 0 saturated heterocycles. The topological polar surface area (TPSA) is 35.5 Å². The summed E-state index contributed by atoms with van der Waals surface area (Å²) in [5.41, 5.74) is 0. The van der Waals surface area contributed by atoms with E-state index in [-0.39, 0.29) is 12.1 Å². The normalized spacial score (nSPS) is 37.2. The van der Waals surface area contributed by atoms with Crippen LogP contribution in [0.4, 0.5) is 0 Å². The molecule has 3 unspecified atom stereocenters. The fraction of sp³-hybridized carbons (Fsp3) is 0.944. The van der Waals surface area contributed by atoms with E-state index in [9.17, 15) is 4.79 Å². The number of rotatable bonds is 5. The second kappa shape index (κ2) is 8.17. The highest BCUT2D eigenvalue weighted by atomic mass is 16.5. The Morgan fingerprint density at radius 2 is 1.62 bits per heavy atom. The van der Waals surface area contributed by atoms with Gasteiger partial charge in [-0.25, -0.2) is 0 Å². The van der Waals surface area contributed by atoms with Gasteiger partial charge in [0.15, 0.2) is 0 Å². The molecule has 0 amide bonds. The quantitative estimate of drug-likeness (QED) is 0.708. The van der Waals surface area contributed by atoms with Crippen molar-refractivity contribution in [3.8, 4) is 0 Å².